The average molecular weight is 479 g/mol. The largest absolute Gasteiger partial charge is 0.416 e. The van der Waals surface area contributed by atoms with E-state index in [0.717, 1.165) is 43.8 Å². The quantitative estimate of drug-likeness (QED) is 0.483. The Morgan fingerprint density at radius 3 is 2.47 bits per heavy atom. The van der Waals surface area contributed by atoms with Gasteiger partial charge in [0, 0.05) is 31.7 Å². The molecular weight excluding hydrogens is 449 g/mol. The highest BCUT2D eigenvalue weighted by Crippen LogP contribution is 2.30. The summed E-state index contributed by atoms with van der Waals surface area (Å²) in [7, 11) is 0. The zero-order valence-electron chi connectivity index (χ0n) is 18.7. The zero-order valence-corrected chi connectivity index (χ0v) is 18.7. The summed E-state index contributed by atoms with van der Waals surface area (Å²) in [5.41, 5.74) is -0.0452. The number of rotatable bonds is 9. The summed E-state index contributed by atoms with van der Waals surface area (Å²) < 4.78 is 44.1. The molecule has 1 heterocycles. The number of urea groups is 1. The molecular formula is C24H29F3N4O3. The number of halogens is 3. The van der Waals surface area contributed by atoms with Crippen LogP contribution in [-0.2, 0) is 22.1 Å². The fraction of sp³-hybridized carbons (Fsp3) is 0.417. The molecule has 7 nitrogen and oxygen atoms in total. The summed E-state index contributed by atoms with van der Waals surface area (Å²) in [6.07, 6.45) is -3.53. The standard InChI is InChI=1S/C24H29F3N4O3/c25-24(26,27)19-8-4-9-20(17-19)29-23(33)30-21(16-18-6-2-1-3-7-18)22(32)28-10-5-11-31-12-14-34-15-13-31/h1-4,6-9,17,21H,5,10-16H2,(H,28,32)(H2,29,30,33). The Labute approximate surface area is 196 Å². The van der Waals surface area contributed by atoms with Gasteiger partial charge in [0.15, 0.2) is 0 Å². The predicted octanol–water partition coefficient (Wildman–Crippen LogP) is 3.28. The number of hydrogen-bond donors (Lipinski definition) is 3. The van der Waals surface area contributed by atoms with Crippen LogP contribution in [0, 0.1) is 0 Å². The summed E-state index contributed by atoms with van der Waals surface area (Å²) in [6.45, 7) is 4.41. The van der Waals surface area contributed by atoms with E-state index in [1.807, 2.05) is 30.3 Å². The van der Waals surface area contributed by atoms with Crippen LogP contribution in [0.2, 0.25) is 0 Å². The van der Waals surface area contributed by atoms with Crippen molar-refractivity contribution in [1.29, 1.82) is 0 Å². The highest BCUT2D eigenvalue weighted by Gasteiger charge is 2.30. The molecule has 1 aliphatic rings. The second-order valence-corrected chi connectivity index (χ2v) is 8.02. The third-order valence-corrected chi connectivity index (χ3v) is 5.41. The number of anilines is 1. The lowest BCUT2D eigenvalue weighted by Gasteiger charge is -2.26. The van der Waals surface area contributed by atoms with E-state index >= 15 is 0 Å². The van der Waals surface area contributed by atoms with Crippen molar-refractivity contribution in [2.24, 2.45) is 0 Å². The average Bonchev–Trinajstić information content (AvgIpc) is 2.82. The minimum absolute atomic E-state index is 0.0169. The lowest BCUT2D eigenvalue weighted by molar-refractivity contribution is -0.137. The van der Waals surface area contributed by atoms with Crippen LogP contribution in [0.5, 0.6) is 0 Å². The van der Waals surface area contributed by atoms with Crippen molar-refractivity contribution < 1.29 is 27.5 Å². The summed E-state index contributed by atoms with van der Waals surface area (Å²) in [5, 5.41) is 7.83. The van der Waals surface area contributed by atoms with Gasteiger partial charge in [-0.25, -0.2) is 4.79 Å². The number of nitrogens with zero attached hydrogens (tertiary/aromatic N) is 1. The molecule has 0 saturated carbocycles. The number of carbonyl (C=O) groups excluding carboxylic acids is 2. The van der Waals surface area contributed by atoms with Crippen LogP contribution >= 0.6 is 0 Å². The number of carbonyl (C=O) groups is 2. The van der Waals surface area contributed by atoms with E-state index in [2.05, 4.69) is 20.9 Å². The van der Waals surface area contributed by atoms with Crippen molar-refractivity contribution in [1.82, 2.24) is 15.5 Å². The molecule has 0 radical (unpaired) electrons. The highest BCUT2D eigenvalue weighted by molar-refractivity contribution is 5.93. The predicted molar refractivity (Wildman–Crippen MR) is 122 cm³/mol. The van der Waals surface area contributed by atoms with E-state index < -0.39 is 23.8 Å². The molecule has 3 rings (SSSR count). The van der Waals surface area contributed by atoms with Crippen molar-refractivity contribution in [3.8, 4) is 0 Å². The maximum absolute atomic E-state index is 12.9. The fourth-order valence-electron chi connectivity index (χ4n) is 3.62. The van der Waals surface area contributed by atoms with Gasteiger partial charge in [-0.05, 0) is 36.7 Å². The normalized spacial score (nSPS) is 15.4. The SMILES string of the molecule is O=C(Nc1cccc(C(F)(F)F)c1)NC(Cc1ccccc1)C(=O)NCCCN1CCOCC1. The highest BCUT2D eigenvalue weighted by atomic mass is 19.4. The molecule has 34 heavy (non-hydrogen) atoms. The Kier molecular flexibility index (Phi) is 9.29. The van der Waals surface area contributed by atoms with Crippen LogP contribution in [0.15, 0.2) is 54.6 Å². The maximum atomic E-state index is 12.9. The van der Waals surface area contributed by atoms with Crippen LogP contribution in [0.4, 0.5) is 23.7 Å². The number of hydrogen-bond acceptors (Lipinski definition) is 4. The molecule has 184 valence electrons. The molecule has 10 heteroatoms. The summed E-state index contributed by atoms with van der Waals surface area (Å²) in [4.78, 5) is 27.6. The first-order chi connectivity index (χ1) is 16.3. The maximum Gasteiger partial charge on any atom is 0.416 e. The number of amides is 3. The number of benzene rings is 2. The van der Waals surface area contributed by atoms with E-state index in [1.165, 1.54) is 12.1 Å². The Morgan fingerprint density at radius 1 is 1.03 bits per heavy atom. The van der Waals surface area contributed by atoms with Crippen molar-refractivity contribution in [2.45, 2.75) is 25.1 Å². The van der Waals surface area contributed by atoms with Gasteiger partial charge >= 0.3 is 12.2 Å². The van der Waals surface area contributed by atoms with Crippen LogP contribution < -0.4 is 16.0 Å². The van der Waals surface area contributed by atoms with E-state index in [0.29, 0.717) is 19.8 Å². The van der Waals surface area contributed by atoms with Crippen LogP contribution in [-0.4, -0.2) is 62.3 Å². The summed E-state index contributed by atoms with van der Waals surface area (Å²) in [6, 6.07) is 11.9. The molecule has 1 fully saturated rings. The van der Waals surface area contributed by atoms with Crippen molar-refractivity contribution in [3.63, 3.8) is 0 Å². The van der Waals surface area contributed by atoms with E-state index in [1.54, 1.807) is 0 Å². The molecule has 0 aliphatic carbocycles. The first-order valence-corrected chi connectivity index (χ1v) is 11.2. The first kappa shape index (κ1) is 25.5. The molecule has 0 bridgehead atoms. The summed E-state index contributed by atoms with van der Waals surface area (Å²) >= 11 is 0. The van der Waals surface area contributed by atoms with Crippen LogP contribution in [0.1, 0.15) is 17.5 Å². The van der Waals surface area contributed by atoms with Gasteiger partial charge < -0.3 is 20.7 Å². The smallest absolute Gasteiger partial charge is 0.379 e. The minimum Gasteiger partial charge on any atom is -0.379 e. The molecule has 0 spiro atoms. The minimum atomic E-state index is -4.52. The Morgan fingerprint density at radius 2 is 1.76 bits per heavy atom. The number of morpholine rings is 1. The van der Waals surface area contributed by atoms with Crippen LogP contribution in [0.3, 0.4) is 0 Å². The van der Waals surface area contributed by atoms with Gasteiger partial charge in [-0.2, -0.15) is 13.2 Å². The van der Waals surface area contributed by atoms with E-state index in [9.17, 15) is 22.8 Å². The van der Waals surface area contributed by atoms with E-state index in [4.69, 9.17) is 4.74 Å². The van der Waals surface area contributed by atoms with Gasteiger partial charge in [-0.15, -0.1) is 0 Å². The number of alkyl halides is 3. The van der Waals surface area contributed by atoms with Gasteiger partial charge in [0.25, 0.3) is 0 Å². The van der Waals surface area contributed by atoms with Crippen molar-refractivity contribution >= 4 is 17.6 Å². The van der Waals surface area contributed by atoms with Crippen molar-refractivity contribution in [2.75, 3.05) is 44.7 Å². The topological polar surface area (TPSA) is 82.7 Å². The number of ether oxygens (including phenoxy) is 1. The third-order valence-electron chi connectivity index (χ3n) is 5.41. The Hall–Kier alpha value is -3.11. The van der Waals surface area contributed by atoms with Gasteiger partial charge in [0.05, 0.1) is 18.8 Å². The lowest BCUT2D eigenvalue weighted by Crippen LogP contribution is -2.49. The third kappa shape index (κ3) is 8.35. The molecule has 1 unspecified atom stereocenters. The van der Waals surface area contributed by atoms with E-state index in [-0.39, 0.29) is 18.0 Å². The molecule has 3 N–H and O–H groups in total. The monoisotopic (exact) mass is 478 g/mol. The lowest BCUT2D eigenvalue weighted by atomic mass is 10.1. The van der Waals surface area contributed by atoms with Gasteiger partial charge in [0.1, 0.15) is 6.04 Å². The second kappa shape index (κ2) is 12.4. The zero-order chi connectivity index (χ0) is 24.4. The molecule has 3 amide bonds. The Bertz CT molecular complexity index is 935. The fourth-order valence-corrected chi connectivity index (χ4v) is 3.62. The molecule has 1 atom stereocenters. The molecule has 1 saturated heterocycles. The van der Waals surface area contributed by atoms with Gasteiger partial charge in [0.2, 0.25) is 5.91 Å². The molecule has 2 aromatic rings. The Balaban J connectivity index is 1.57. The second-order valence-electron chi connectivity index (χ2n) is 8.02. The molecule has 0 aromatic heterocycles. The van der Waals surface area contributed by atoms with Gasteiger partial charge in [-0.3, -0.25) is 9.69 Å². The summed E-state index contributed by atoms with van der Waals surface area (Å²) in [5.74, 6) is -0.356. The molecule has 1 aliphatic heterocycles. The molecule has 2 aromatic carbocycles. The number of nitrogens with one attached hydrogen (secondary N) is 3. The first-order valence-electron chi connectivity index (χ1n) is 11.2. The van der Waals surface area contributed by atoms with Gasteiger partial charge in [-0.1, -0.05) is 36.4 Å². The van der Waals surface area contributed by atoms with Crippen molar-refractivity contribution in [3.05, 3.63) is 65.7 Å². The van der Waals surface area contributed by atoms with Crippen LogP contribution in [0.25, 0.3) is 0 Å².